The molecule has 2 rings (SSSR count). The Labute approximate surface area is 114 Å². The van der Waals surface area contributed by atoms with Crippen molar-refractivity contribution in [3.05, 3.63) is 28.3 Å². The molecule has 0 aliphatic heterocycles. The van der Waals surface area contributed by atoms with Crippen molar-refractivity contribution in [2.24, 2.45) is 5.73 Å². The third-order valence-electron chi connectivity index (χ3n) is 3.87. The van der Waals surface area contributed by atoms with Gasteiger partial charge in [0.15, 0.2) is 0 Å². The molecular formula is C13H15ClF3NO. The predicted molar refractivity (Wildman–Crippen MR) is 67.6 cm³/mol. The van der Waals surface area contributed by atoms with Gasteiger partial charge in [-0.05, 0) is 30.5 Å². The van der Waals surface area contributed by atoms with Crippen LogP contribution in [0.15, 0.2) is 12.1 Å². The van der Waals surface area contributed by atoms with Gasteiger partial charge >= 0.3 is 6.18 Å². The summed E-state index contributed by atoms with van der Waals surface area (Å²) in [6, 6.07) is 2.67. The summed E-state index contributed by atoms with van der Waals surface area (Å²) in [5.41, 5.74) is 5.08. The molecule has 1 aliphatic rings. The summed E-state index contributed by atoms with van der Waals surface area (Å²) in [6.07, 6.45) is -1.93. The van der Waals surface area contributed by atoms with Crippen molar-refractivity contribution in [1.82, 2.24) is 0 Å². The zero-order valence-corrected chi connectivity index (χ0v) is 11.2. The van der Waals surface area contributed by atoms with Gasteiger partial charge in [-0.25, -0.2) is 0 Å². The third-order valence-corrected chi connectivity index (χ3v) is 4.15. The van der Waals surface area contributed by atoms with Gasteiger partial charge in [0.25, 0.3) is 0 Å². The molecule has 106 valence electrons. The minimum Gasteiger partial charge on any atom is -0.495 e. The average molecular weight is 294 g/mol. The highest BCUT2D eigenvalue weighted by molar-refractivity contribution is 6.32. The maximum atomic E-state index is 13.0. The topological polar surface area (TPSA) is 35.2 Å². The van der Waals surface area contributed by atoms with E-state index in [1.54, 1.807) is 6.07 Å². The molecule has 0 bridgehead atoms. The van der Waals surface area contributed by atoms with E-state index in [2.05, 4.69) is 0 Å². The highest BCUT2D eigenvalue weighted by atomic mass is 35.5. The summed E-state index contributed by atoms with van der Waals surface area (Å²) in [5.74, 6) is -0.329. The van der Waals surface area contributed by atoms with Crippen molar-refractivity contribution in [3.8, 4) is 5.75 Å². The molecule has 0 aromatic heterocycles. The van der Waals surface area contributed by atoms with Crippen LogP contribution in [-0.2, 0) is 11.6 Å². The van der Waals surface area contributed by atoms with Crippen LogP contribution in [0.5, 0.6) is 5.75 Å². The second-order valence-electron chi connectivity index (χ2n) is 4.87. The minimum atomic E-state index is -4.50. The van der Waals surface area contributed by atoms with E-state index in [9.17, 15) is 13.2 Å². The fraction of sp³-hybridized carbons (Fsp3) is 0.538. The number of methoxy groups -OCH3 is 1. The van der Waals surface area contributed by atoms with Crippen molar-refractivity contribution in [1.29, 1.82) is 0 Å². The van der Waals surface area contributed by atoms with Gasteiger partial charge in [-0.3, -0.25) is 0 Å². The average Bonchev–Trinajstić information content (AvgIpc) is 2.26. The molecule has 1 aromatic carbocycles. The van der Waals surface area contributed by atoms with Crippen LogP contribution in [0.4, 0.5) is 13.2 Å². The summed E-state index contributed by atoms with van der Waals surface area (Å²) in [6.45, 7) is 0.326. The van der Waals surface area contributed by atoms with Crippen LogP contribution in [0.25, 0.3) is 0 Å². The number of ether oxygens (including phenoxy) is 1. The van der Waals surface area contributed by atoms with E-state index in [1.165, 1.54) is 7.11 Å². The Bertz CT molecular complexity index is 478. The number of halogens is 4. The maximum absolute atomic E-state index is 13.0. The van der Waals surface area contributed by atoms with Crippen LogP contribution in [0.2, 0.25) is 5.02 Å². The van der Waals surface area contributed by atoms with E-state index in [1.807, 2.05) is 0 Å². The van der Waals surface area contributed by atoms with E-state index in [-0.39, 0.29) is 16.2 Å². The Balaban J connectivity index is 2.57. The molecule has 2 nitrogen and oxygen atoms in total. The highest BCUT2D eigenvalue weighted by Crippen LogP contribution is 2.48. The van der Waals surface area contributed by atoms with Crippen LogP contribution >= 0.6 is 11.6 Å². The molecule has 0 saturated heterocycles. The molecule has 0 radical (unpaired) electrons. The van der Waals surface area contributed by atoms with Crippen molar-refractivity contribution >= 4 is 11.6 Å². The number of benzene rings is 1. The molecule has 0 spiro atoms. The largest absolute Gasteiger partial charge is 0.495 e. The number of nitrogens with two attached hydrogens (primary N) is 1. The number of rotatable bonds is 3. The fourth-order valence-electron chi connectivity index (χ4n) is 2.53. The number of hydrogen-bond donors (Lipinski definition) is 1. The Morgan fingerprint density at radius 3 is 2.37 bits per heavy atom. The van der Waals surface area contributed by atoms with Crippen LogP contribution in [-0.4, -0.2) is 13.7 Å². The van der Waals surface area contributed by atoms with Gasteiger partial charge in [0, 0.05) is 12.0 Å². The minimum absolute atomic E-state index is 0.0212. The van der Waals surface area contributed by atoms with Crippen LogP contribution in [0.1, 0.15) is 30.4 Å². The molecule has 0 amide bonds. The molecule has 2 N–H and O–H groups in total. The van der Waals surface area contributed by atoms with Gasteiger partial charge in [0.05, 0.1) is 17.7 Å². The van der Waals surface area contributed by atoms with Crippen molar-refractivity contribution in [3.63, 3.8) is 0 Å². The summed E-state index contributed by atoms with van der Waals surface area (Å²) < 4.78 is 43.9. The second kappa shape index (κ2) is 4.87. The fourth-order valence-corrected chi connectivity index (χ4v) is 2.83. The quantitative estimate of drug-likeness (QED) is 0.921. The SMILES string of the molecule is COc1c(Cl)cc(C2(CN)CCC2)cc1C(F)(F)F. The Morgan fingerprint density at radius 1 is 1.37 bits per heavy atom. The Kier molecular flexibility index (Phi) is 3.71. The van der Waals surface area contributed by atoms with Crippen LogP contribution < -0.4 is 10.5 Å². The smallest absolute Gasteiger partial charge is 0.420 e. The lowest BCUT2D eigenvalue weighted by atomic mass is 9.64. The van der Waals surface area contributed by atoms with E-state index in [0.717, 1.165) is 25.3 Å². The van der Waals surface area contributed by atoms with Crippen molar-refractivity contribution in [2.75, 3.05) is 13.7 Å². The molecule has 1 aliphatic carbocycles. The normalized spacial score (nSPS) is 18.0. The molecule has 0 heterocycles. The standard InChI is InChI=1S/C13H15ClF3NO/c1-19-11-9(13(15,16)17)5-8(6-10(11)14)12(7-18)3-2-4-12/h5-6H,2-4,7,18H2,1H3. The molecule has 0 atom stereocenters. The summed E-state index contributed by atoms with van der Waals surface area (Å²) in [4.78, 5) is 0. The highest BCUT2D eigenvalue weighted by Gasteiger charge is 2.41. The number of hydrogen-bond acceptors (Lipinski definition) is 2. The lowest BCUT2D eigenvalue weighted by molar-refractivity contribution is -0.138. The van der Waals surface area contributed by atoms with Crippen LogP contribution in [0.3, 0.4) is 0 Å². The predicted octanol–water partition coefficient (Wildman–Crippen LogP) is 3.75. The van der Waals surface area contributed by atoms with Gasteiger partial charge in [-0.15, -0.1) is 0 Å². The third kappa shape index (κ3) is 2.41. The Hall–Kier alpha value is -0.940. The van der Waals surface area contributed by atoms with Crippen molar-refractivity contribution in [2.45, 2.75) is 30.9 Å². The molecule has 1 fully saturated rings. The molecule has 6 heteroatoms. The first-order chi connectivity index (χ1) is 8.84. The van der Waals surface area contributed by atoms with Gasteiger partial charge < -0.3 is 10.5 Å². The lowest BCUT2D eigenvalue weighted by Gasteiger charge is -2.42. The molecule has 0 unspecified atom stereocenters. The zero-order valence-electron chi connectivity index (χ0n) is 10.5. The van der Waals surface area contributed by atoms with E-state index < -0.39 is 11.7 Å². The van der Waals surface area contributed by atoms with E-state index >= 15 is 0 Å². The summed E-state index contributed by atoms with van der Waals surface area (Å²) >= 11 is 5.92. The first-order valence-corrected chi connectivity index (χ1v) is 6.37. The van der Waals surface area contributed by atoms with Crippen LogP contribution in [0, 0.1) is 0 Å². The van der Waals surface area contributed by atoms with Gasteiger partial charge in [0.1, 0.15) is 5.75 Å². The monoisotopic (exact) mass is 293 g/mol. The molecule has 1 saturated carbocycles. The van der Waals surface area contributed by atoms with E-state index in [0.29, 0.717) is 12.1 Å². The maximum Gasteiger partial charge on any atom is 0.420 e. The lowest BCUT2D eigenvalue weighted by Crippen LogP contribution is -2.41. The molecule has 1 aromatic rings. The second-order valence-corrected chi connectivity index (χ2v) is 5.28. The molecular weight excluding hydrogens is 279 g/mol. The summed E-state index contributed by atoms with van der Waals surface area (Å²) in [5, 5.41) is -0.0212. The van der Waals surface area contributed by atoms with Gasteiger partial charge in [-0.1, -0.05) is 18.0 Å². The first-order valence-electron chi connectivity index (χ1n) is 5.99. The van der Waals surface area contributed by atoms with E-state index in [4.69, 9.17) is 22.1 Å². The first kappa shape index (κ1) is 14.5. The number of alkyl halides is 3. The van der Waals surface area contributed by atoms with Crippen molar-refractivity contribution < 1.29 is 17.9 Å². The van der Waals surface area contributed by atoms with Gasteiger partial charge in [0.2, 0.25) is 0 Å². The summed E-state index contributed by atoms with van der Waals surface area (Å²) in [7, 11) is 1.18. The molecule has 19 heavy (non-hydrogen) atoms. The Morgan fingerprint density at radius 2 is 2.00 bits per heavy atom. The van der Waals surface area contributed by atoms with Gasteiger partial charge in [-0.2, -0.15) is 13.2 Å². The zero-order chi connectivity index (χ0) is 14.3.